The third-order valence-corrected chi connectivity index (χ3v) is 3.67. The maximum Gasteiger partial charge on any atom is 0.0610 e. The topological polar surface area (TPSA) is 32.3 Å². The average Bonchev–Trinajstić information content (AvgIpc) is 2.35. The molecule has 0 radical (unpaired) electrons. The van der Waals surface area contributed by atoms with Crippen LogP contribution < -0.4 is 5.32 Å². The smallest absolute Gasteiger partial charge is 0.0610 e. The third-order valence-electron chi connectivity index (χ3n) is 3.67. The van der Waals surface area contributed by atoms with Gasteiger partial charge >= 0.3 is 0 Å². The molecule has 0 bridgehead atoms. The first-order valence-electron chi connectivity index (χ1n) is 6.76. The summed E-state index contributed by atoms with van der Waals surface area (Å²) in [4.78, 5) is 0. The van der Waals surface area contributed by atoms with E-state index in [4.69, 9.17) is 0 Å². The second-order valence-electron chi connectivity index (χ2n) is 6.37. The van der Waals surface area contributed by atoms with Crippen LogP contribution in [0.5, 0.6) is 0 Å². The molecule has 102 valence electrons. The summed E-state index contributed by atoms with van der Waals surface area (Å²) in [6.45, 7) is 11.8. The fourth-order valence-corrected chi connectivity index (χ4v) is 1.73. The van der Waals surface area contributed by atoms with Crippen LogP contribution in [-0.2, 0) is 12.0 Å². The van der Waals surface area contributed by atoms with E-state index in [1.165, 1.54) is 11.1 Å². The molecule has 0 fully saturated rings. The normalized spacial score (nSPS) is 15.4. The van der Waals surface area contributed by atoms with Crippen LogP contribution in [0.4, 0.5) is 0 Å². The second kappa shape index (κ2) is 5.85. The van der Waals surface area contributed by atoms with Gasteiger partial charge in [-0.15, -0.1) is 0 Å². The maximum absolute atomic E-state index is 9.35. The van der Waals surface area contributed by atoms with E-state index in [1.807, 2.05) is 0 Å². The van der Waals surface area contributed by atoms with E-state index in [0.717, 1.165) is 13.0 Å². The fraction of sp³-hybridized carbons (Fsp3) is 0.625. The Hall–Kier alpha value is -0.860. The van der Waals surface area contributed by atoms with E-state index in [0.29, 0.717) is 0 Å². The van der Waals surface area contributed by atoms with Crippen LogP contribution in [0.1, 0.15) is 52.2 Å². The predicted molar refractivity (Wildman–Crippen MR) is 77.8 cm³/mol. The van der Waals surface area contributed by atoms with E-state index >= 15 is 0 Å². The van der Waals surface area contributed by atoms with Crippen molar-refractivity contribution < 1.29 is 5.11 Å². The Morgan fingerprint density at radius 2 is 1.61 bits per heavy atom. The van der Waals surface area contributed by atoms with Crippen molar-refractivity contribution in [3.63, 3.8) is 0 Å². The molecule has 1 aromatic carbocycles. The van der Waals surface area contributed by atoms with Crippen LogP contribution in [0.2, 0.25) is 0 Å². The van der Waals surface area contributed by atoms with Crippen molar-refractivity contribution in [2.45, 2.75) is 58.5 Å². The molecule has 0 saturated heterocycles. The van der Waals surface area contributed by atoms with Gasteiger partial charge < -0.3 is 10.4 Å². The standard InChI is InChI=1S/C16H27NO/c1-6-16(5,12-18)17-11-13-7-9-14(10-8-13)15(2,3)4/h7-10,17-18H,6,11-12H2,1-5H3. The van der Waals surface area contributed by atoms with Crippen LogP contribution in [-0.4, -0.2) is 17.3 Å². The molecule has 1 rings (SSSR count). The quantitative estimate of drug-likeness (QED) is 0.839. The largest absolute Gasteiger partial charge is 0.394 e. The van der Waals surface area contributed by atoms with Gasteiger partial charge in [-0.3, -0.25) is 0 Å². The molecule has 0 spiro atoms. The third kappa shape index (κ3) is 4.11. The average molecular weight is 249 g/mol. The Morgan fingerprint density at radius 3 is 2.00 bits per heavy atom. The molecule has 0 heterocycles. The van der Waals surface area contributed by atoms with Gasteiger partial charge in [0.1, 0.15) is 0 Å². The van der Waals surface area contributed by atoms with Crippen LogP contribution in [0.25, 0.3) is 0 Å². The maximum atomic E-state index is 9.35. The summed E-state index contributed by atoms with van der Waals surface area (Å²) in [5.41, 5.74) is 2.64. The van der Waals surface area contributed by atoms with Crippen molar-refractivity contribution in [1.29, 1.82) is 0 Å². The van der Waals surface area contributed by atoms with Gasteiger partial charge in [-0.05, 0) is 29.9 Å². The molecule has 2 N–H and O–H groups in total. The Kier molecular flexibility index (Phi) is 4.94. The van der Waals surface area contributed by atoms with Crippen LogP contribution in [0, 0.1) is 0 Å². The number of aliphatic hydroxyl groups is 1. The minimum atomic E-state index is -0.178. The SMILES string of the molecule is CCC(C)(CO)NCc1ccc(C(C)(C)C)cc1. The second-order valence-corrected chi connectivity index (χ2v) is 6.37. The molecule has 2 nitrogen and oxygen atoms in total. The van der Waals surface area contributed by atoms with Crippen LogP contribution in [0.15, 0.2) is 24.3 Å². The first-order valence-corrected chi connectivity index (χ1v) is 6.76. The Balaban J connectivity index is 2.65. The summed E-state index contributed by atoms with van der Waals surface area (Å²) in [6, 6.07) is 8.72. The number of nitrogens with one attached hydrogen (secondary N) is 1. The van der Waals surface area contributed by atoms with Gasteiger partial charge in [-0.2, -0.15) is 0 Å². The van der Waals surface area contributed by atoms with Crippen LogP contribution in [0.3, 0.4) is 0 Å². The number of aliphatic hydroxyl groups excluding tert-OH is 1. The molecule has 18 heavy (non-hydrogen) atoms. The zero-order chi connectivity index (χ0) is 13.8. The van der Waals surface area contributed by atoms with E-state index in [9.17, 15) is 5.11 Å². The van der Waals surface area contributed by atoms with E-state index < -0.39 is 0 Å². The van der Waals surface area contributed by atoms with Crippen molar-refractivity contribution in [2.75, 3.05) is 6.61 Å². The summed E-state index contributed by atoms with van der Waals surface area (Å²) in [6.07, 6.45) is 0.920. The molecule has 0 saturated carbocycles. The molecule has 0 aliphatic rings. The molecule has 1 atom stereocenters. The molecular weight excluding hydrogens is 222 g/mol. The van der Waals surface area contributed by atoms with Crippen molar-refractivity contribution in [3.8, 4) is 0 Å². The highest BCUT2D eigenvalue weighted by Gasteiger charge is 2.19. The minimum absolute atomic E-state index is 0.170. The number of hydrogen-bond acceptors (Lipinski definition) is 2. The highest BCUT2D eigenvalue weighted by Crippen LogP contribution is 2.22. The van der Waals surface area contributed by atoms with E-state index in [-0.39, 0.29) is 17.6 Å². The Labute approximate surface area is 111 Å². The van der Waals surface area contributed by atoms with Crippen molar-refractivity contribution in [3.05, 3.63) is 35.4 Å². The van der Waals surface area contributed by atoms with Gasteiger partial charge in [0.05, 0.1) is 6.61 Å². The summed E-state index contributed by atoms with van der Waals surface area (Å²) in [7, 11) is 0. The highest BCUT2D eigenvalue weighted by atomic mass is 16.3. The summed E-state index contributed by atoms with van der Waals surface area (Å²) >= 11 is 0. The van der Waals surface area contributed by atoms with Crippen molar-refractivity contribution in [1.82, 2.24) is 5.32 Å². The Bertz CT molecular complexity index is 358. The van der Waals surface area contributed by atoms with E-state index in [1.54, 1.807) is 0 Å². The van der Waals surface area contributed by atoms with Gasteiger partial charge in [0.25, 0.3) is 0 Å². The Morgan fingerprint density at radius 1 is 1.06 bits per heavy atom. The van der Waals surface area contributed by atoms with E-state index in [2.05, 4.69) is 64.2 Å². The minimum Gasteiger partial charge on any atom is -0.394 e. The first-order chi connectivity index (χ1) is 8.30. The lowest BCUT2D eigenvalue weighted by Gasteiger charge is -2.27. The van der Waals surface area contributed by atoms with Crippen LogP contribution >= 0.6 is 0 Å². The molecule has 0 amide bonds. The molecule has 0 aliphatic carbocycles. The van der Waals surface area contributed by atoms with Gasteiger partial charge in [-0.1, -0.05) is 52.0 Å². The van der Waals surface area contributed by atoms with Gasteiger partial charge in [0, 0.05) is 12.1 Å². The van der Waals surface area contributed by atoms with Gasteiger partial charge in [0.2, 0.25) is 0 Å². The zero-order valence-corrected chi connectivity index (χ0v) is 12.4. The molecule has 0 aromatic heterocycles. The lowest BCUT2D eigenvalue weighted by atomic mass is 9.86. The molecule has 1 unspecified atom stereocenters. The zero-order valence-electron chi connectivity index (χ0n) is 12.4. The summed E-state index contributed by atoms with van der Waals surface area (Å²) < 4.78 is 0. The van der Waals surface area contributed by atoms with Crippen molar-refractivity contribution >= 4 is 0 Å². The number of rotatable bonds is 5. The predicted octanol–water partition coefficient (Wildman–Crippen LogP) is 3.23. The lowest BCUT2D eigenvalue weighted by molar-refractivity contribution is 0.169. The lowest BCUT2D eigenvalue weighted by Crippen LogP contribution is -2.44. The van der Waals surface area contributed by atoms with Crippen molar-refractivity contribution in [2.24, 2.45) is 0 Å². The molecule has 1 aromatic rings. The monoisotopic (exact) mass is 249 g/mol. The number of benzene rings is 1. The highest BCUT2D eigenvalue weighted by molar-refractivity contribution is 5.27. The van der Waals surface area contributed by atoms with Gasteiger partial charge in [-0.25, -0.2) is 0 Å². The molecule has 2 heteroatoms. The first kappa shape index (κ1) is 15.2. The summed E-state index contributed by atoms with van der Waals surface area (Å²) in [5.74, 6) is 0. The summed E-state index contributed by atoms with van der Waals surface area (Å²) in [5, 5.41) is 12.8. The number of hydrogen-bond donors (Lipinski definition) is 2. The molecular formula is C16H27NO. The molecule has 0 aliphatic heterocycles. The van der Waals surface area contributed by atoms with Gasteiger partial charge in [0.15, 0.2) is 0 Å². The fourth-order valence-electron chi connectivity index (χ4n) is 1.73.